The molecule has 0 rings (SSSR count). The number of alkyl halides is 3. The van der Waals surface area contributed by atoms with Gasteiger partial charge in [0.05, 0.1) is 0 Å². The standard InChI is InChI=1S/C6H12F3N/c1-3-4(2)6(9,10)5(7)8/h4-5H,3,10H2,1-2H3. The summed E-state index contributed by atoms with van der Waals surface area (Å²) in [6, 6.07) is 0. The van der Waals surface area contributed by atoms with Crippen LogP contribution in [0.4, 0.5) is 13.2 Å². The van der Waals surface area contributed by atoms with Gasteiger partial charge in [-0.1, -0.05) is 13.8 Å². The second kappa shape index (κ2) is 3.23. The van der Waals surface area contributed by atoms with Crippen LogP contribution in [0.25, 0.3) is 0 Å². The Morgan fingerprint density at radius 1 is 1.50 bits per heavy atom. The summed E-state index contributed by atoms with van der Waals surface area (Å²) in [5.41, 5.74) is 4.70. The third kappa shape index (κ3) is 1.87. The molecule has 0 aliphatic heterocycles. The Morgan fingerprint density at radius 2 is 1.90 bits per heavy atom. The molecule has 0 heterocycles. The van der Waals surface area contributed by atoms with Crippen LogP contribution >= 0.6 is 0 Å². The fraction of sp³-hybridized carbons (Fsp3) is 1.00. The van der Waals surface area contributed by atoms with Crippen molar-refractivity contribution in [1.82, 2.24) is 0 Å². The minimum Gasteiger partial charge on any atom is -0.294 e. The topological polar surface area (TPSA) is 26.0 Å². The minimum absolute atomic E-state index is 0.317. The molecular weight excluding hydrogens is 143 g/mol. The van der Waals surface area contributed by atoms with E-state index in [1.54, 1.807) is 6.92 Å². The Morgan fingerprint density at radius 3 is 2.00 bits per heavy atom. The van der Waals surface area contributed by atoms with Crippen molar-refractivity contribution in [1.29, 1.82) is 0 Å². The van der Waals surface area contributed by atoms with Gasteiger partial charge in [0.2, 0.25) is 5.79 Å². The van der Waals surface area contributed by atoms with E-state index >= 15 is 0 Å². The van der Waals surface area contributed by atoms with Crippen LogP contribution in [-0.4, -0.2) is 12.2 Å². The van der Waals surface area contributed by atoms with Crippen molar-refractivity contribution in [3.8, 4) is 0 Å². The predicted octanol–water partition coefficient (Wildman–Crippen LogP) is 1.92. The Labute approximate surface area is 58.4 Å². The highest BCUT2D eigenvalue weighted by Crippen LogP contribution is 2.25. The molecule has 0 bridgehead atoms. The molecule has 0 saturated carbocycles. The third-order valence-corrected chi connectivity index (χ3v) is 1.70. The lowest BCUT2D eigenvalue weighted by molar-refractivity contribution is -0.0660. The fourth-order valence-corrected chi connectivity index (χ4v) is 0.528. The van der Waals surface area contributed by atoms with Gasteiger partial charge in [-0.2, -0.15) is 0 Å². The monoisotopic (exact) mass is 155 g/mol. The van der Waals surface area contributed by atoms with E-state index in [1.165, 1.54) is 6.92 Å². The van der Waals surface area contributed by atoms with Crippen LogP contribution in [0.15, 0.2) is 0 Å². The summed E-state index contributed by atoms with van der Waals surface area (Å²) in [5.74, 6) is -3.62. The molecule has 4 heteroatoms. The molecular formula is C6H12F3N. The first-order valence-electron chi connectivity index (χ1n) is 3.18. The third-order valence-electron chi connectivity index (χ3n) is 1.70. The van der Waals surface area contributed by atoms with E-state index in [9.17, 15) is 13.2 Å². The number of halogens is 3. The van der Waals surface area contributed by atoms with Crippen LogP contribution in [0.5, 0.6) is 0 Å². The molecule has 0 aliphatic carbocycles. The van der Waals surface area contributed by atoms with Gasteiger partial charge in [0, 0.05) is 5.92 Å². The van der Waals surface area contributed by atoms with Crippen LogP contribution in [0.2, 0.25) is 0 Å². The predicted molar refractivity (Wildman–Crippen MR) is 33.5 cm³/mol. The number of rotatable bonds is 3. The largest absolute Gasteiger partial charge is 0.294 e. The van der Waals surface area contributed by atoms with E-state index in [-0.39, 0.29) is 0 Å². The zero-order valence-electron chi connectivity index (χ0n) is 6.07. The maximum absolute atomic E-state index is 12.6. The Kier molecular flexibility index (Phi) is 3.15. The lowest BCUT2D eigenvalue weighted by Crippen LogP contribution is -2.47. The average molecular weight is 155 g/mol. The molecule has 62 valence electrons. The SMILES string of the molecule is CCC(C)C(N)(F)C(F)F. The minimum atomic E-state index is -3.09. The quantitative estimate of drug-likeness (QED) is 0.619. The smallest absolute Gasteiger partial charge is 0.285 e. The molecule has 2 unspecified atom stereocenters. The molecule has 0 amide bonds. The van der Waals surface area contributed by atoms with Crippen LogP contribution in [0, 0.1) is 5.92 Å². The summed E-state index contributed by atoms with van der Waals surface area (Å²) < 4.78 is 36.1. The highest BCUT2D eigenvalue weighted by molar-refractivity contribution is 4.79. The van der Waals surface area contributed by atoms with Crippen LogP contribution in [-0.2, 0) is 0 Å². The Bertz CT molecular complexity index is 103. The molecule has 0 aromatic heterocycles. The Hall–Kier alpha value is -0.250. The molecule has 0 aliphatic rings. The van der Waals surface area contributed by atoms with Crippen molar-refractivity contribution in [3.63, 3.8) is 0 Å². The maximum Gasteiger partial charge on any atom is 0.285 e. The van der Waals surface area contributed by atoms with E-state index in [4.69, 9.17) is 5.73 Å². The molecule has 0 radical (unpaired) electrons. The van der Waals surface area contributed by atoms with Gasteiger partial charge < -0.3 is 0 Å². The Balaban J connectivity index is 4.09. The van der Waals surface area contributed by atoms with E-state index < -0.39 is 18.1 Å². The lowest BCUT2D eigenvalue weighted by atomic mass is 9.98. The van der Waals surface area contributed by atoms with Crippen molar-refractivity contribution in [2.24, 2.45) is 11.7 Å². The second-order valence-electron chi connectivity index (χ2n) is 2.44. The van der Waals surface area contributed by atoms with Gasteiger partial charge in [-0.25, -0.2) is 13.2 Å². The molecule has 0 aromatic rings. The first-order chi connectivity index (χ1) is 4.42. The zero-order valence-corrected chi connectivity index (χ0v) is 6.07. The van der Waals surface area contributed by atoms with Crippen LogP contribution in [0.3, 0.4) is 0 Å². The lowest BCUT2D eigenvalue weighted by Gasteiger charge is -2.24. The van der Waals surface area contributed by atoms with Gasteiger partial charge in [-0.15, -0.1) is 0 Å². The highest BCUT2D eigenvalue weighted by Gasteiger charge is 2.40. The van der Waals surface area contributed by atoms with E-state index in [2.05, 4.69) is 0 Å². The van der Waals surface area contributed by atoms with E-state index in [0.29, 0.717) is 6.42 Å². The summed E-state index contributed by atoms with van der Waals surface area (Å²) in [6.07, 6.45) is -2.78. The number of nitrogens with two attached hydrogens (primary N) is 1. The molecule has 0 spiro atoms. The van der Waals surface area contributed by atoms with Crippen molar-refractivity contribution in [3.05, 3.63) is 0 Å². The molecule has 0 saturated heterocycles. The average Bonchev–Trinajstić information content (AvgIpc) is 1.86. The molecule has 1 nitrogen and oxygen atoms in total. The van der Waals surface area contributed by atoms with Gasteiger partial charge in [0.15, 0.2) is 0 Å². The number of hydrogen-bond acceptors (Lipinski definition) is 1. The van der Waals surface area contributed by atoms with Gasteiger partial charge in [0.1, 0.15) is 0 Å². The molecule has 2 N–H and O–H groups in total. The summed E-state index contributed by atoms with van der Waals surface area (Å²) in [4.78, 5) is 0. The van der Waals surface area contributed by atoms with E-state index in [0.717, 1.165) is 0 Å². The van der Waals surface area contributed by atoms with Gasteiger partial charge in [-0.3, -0.25) is 5.73 Å². The van der Waals surface area contributed by atoms with Crippen molar-refractivity contribution < 1.29 is 13.2 Å². The molecule has 10 heavy (non-hydrogen) atoms. The number of hydrogen-bond donors (Lipinski definition) is 1. The summed E-state index contributed by atoms with van der Waals surface area (Å²) in [7, 11) is 0. The van der Waals surface area contributed by atoms with Gasteiger partial charge in [0.25, 0.3) is 6.43 Å². The highest BCUT2D eigenvalue weighted by atomic mass is 19.3. The first-order valence-corrected chi connectivity index (χ1v) is 3.18. The molecule has 2 atom stereocenters. The fourth-order valence-electron chi connectivity index (χ4n) is 0.528. The van der Waals surface area contributed by atoms with Crippen molar-refractivity contribution in [2.75, 3.05) is 0 Å². The maximum atomic E-state index is 12.6. The van der Waals surface area contributed by atoms with Crippen LogP contribution in [0.1, 0.15) is 20.3 Å². The zero-order chi connectivity index (χ0) is 8.36. The second-order valence-corrected chi connectivity index (χ2v) is 2.44. The van der Waals surface area contributed by atoms with Crippen LogP contribution < -0.4 is 5.73 Å². The summed E-state index contributed by atoms with van der Waals surface area (Å²) >= 11 is 0. The van der Waals surface area contributed by atoms with Crippen molar-refractivity contribution >= 4 is 0 Å². The van der Waals surface area contributed by atoms with Gasteiger partial charge in [-0.05, 0) is 6.42 Å². The summed E-state index contributed by atoms with van der Waals surface area (Å²) in [6.45, 7) is 2.99. The molecule has 0 fully saturated rings. The summed E-state index contributed by atoms with van der Waals surface area (Å²) in [5, 5.41) is 0. The first kappa shape index (κ1) is 9.75. The van der Waals surface area contributed by atoms with Crippen molar-refractivity contribution in [2.45, 2.75) is 32.5 Å². The van der Waals surface area contributed by atoms with Gasteiger partial charge >= 0.3 is 0 Å². The van der Waals surface area contributed by atoms with E-state index in [1.807, 2.05) is 0 Å². The molecule has 0 aromatic carbocycles. The normalized spacial score (nSPS) is 20.7.